The summed E-state index contributed by atoms with van der Waals surface area (Å²) in [5, 5.41) is 3.52. The lowest BCUT2D eigenvalue weighted by Gasteiger charge is -2.24. The molecular weight excluding hydrogens is 294 g/mol. The average molecular weight is 319 g/mol. The van der Waals surface area contributed by atoms with Gasteiger partial charge in [-0.15, -0.1) is 0 Å². The molecule has 1 aliphatic carbocycles. The number of ether oxygens (including phenoxy) is 3. The van der Waals surface area contributed by atoms with Gasteiger partial charge in [-0.2, -0.15) is 0 Å². The van der Waals surface area contributed by atoms with Crippen LogP contribution in [0.1, 0.15) is 67.1 Å². The van der Waals surface area contributed by atoms with E-state index in [-0.39, 0.29) is 12.2 Å². The molecule has 1 N–H and O–H groups in total. The summed E-state index contributed by atoms with van der Waals surface area (Å²) in [5.74, 6) is 0.658. The van der Waals surface area contributed by atoms with Crippen LogP contribution in [0.25, 0.3) is 0 Å². The molecule has 0 radical (unpaired) electrons. The van der Waals surface area contributed by atoms with Crippen LogP contribution in [0, 0.1) is 0 Å². The van der Waals surface area contributed by atoms with Crippen molar-refractivity contribution in [3.63, 3.8) is 0 Å². The van der Waals surface area contributed by atoms with E-state index < -0.39 is 0 Å². The Kier molecular flexibility index (Phi) is 5.06. The molecule has 5 heteroatoms. The molecule has 1 heterocycles. The lowest BCUT2D eigenvalue weighted by Crippen LogP contribution is -2.33. The smallest absolute Gasteiger partial charge is 0.344 e. The van der Waals surface area contributed by atoms with E-state index >= 15 is 0 Å². The Labute approximate surface area is 137 Å². The molecule has 2 aliphatic rings. The molecule has 0 bridgehead atoms. The molecule has 5 nitrogen and oxygen atoms in total. The number of hydrogen-bond acceptors (Lipinski definition) is 5. The molecule has 1 saturated carbocycles. The van der Waals surface area contributed by atoms with Crippen molar-refractivity contribution in [3.05, 3.63) is 23.3 Å². The Balaban J connectivity index is 1.81. The second kappa shape index (κ2) is 7.21. The molecule has 1 fully saturated rings. The fourth-order valence-electron chi connectivity index (χ4n) is 3.56. The number of rotatable bonds is 4. The van der Waals surface area contributed by atoms with Crippen LogP contribution in [0.2, 0.25) is 0 Å². The van der Waals surface area contributed by atoms with E-state index in [1.54, 1.807) is 14.2 Å². The van der Waals surface area contributed by atoms with Gasteiger partial charge in [0.25, 0.3) is 0 Å². The van der Waals surface area contributed by atoms with Gasteiger partial charge in [0.2, 0.25) is 0 Å². The Bertz CT molecular complexity index is 564. The van der Waals surface area contributed by atoms with Crippen LogP contribution in [-0.2, 0) is 4.74 Å². The number of carbonyl (C=O) groups is 1. The predicted octanol–water partition coefficient (Wildman–Crippen LogP) is 3.58. The van der Waals surface area contributed by atoms with E-state index in [1.807, 2.05) is 12.1 Å². The topological polar surface area (TPSA) is 56.8 Å². The highest BCUT2D eigenvalue weighted by molar-refractivity contribution is 5.98. The molecule has 126 valence electrons. The summed E-state index contributed by atoms with van der Waals surface area (Å²) in [4.78, 5) is 12.3. The van der Waals surface area contributed by atoms with Crippen molar-refractivity contribution in [2.24, 2.45) is 0 Å². The van der Waals surface area contributed by atoms with Crippen molar-refractivity contribution in [1.29, 1.82) is 0 Å². The second-order valence-electron chi connectivity index (χ2n) is 6.26. The van der Waals surface area contributed by atoms with Crippen LogP contribution in [-0.4, -0.2) is 26.2 Å². The first-order valence-corrected chi connectivity index (χ1v) is 8.46. The molecular formula is C18H25NO4. The first-order chi connectivity index (χ1) is 11.2. The summed E-state index contributed by atoms with van der Waals surface area (Å²) in [6.45, 7) is 0. The third-order valence-electron chi connectivity index (χ3n) is 4.78. The van der Waals surface area contributed by atoms with Crippen molar-refractivity contribution < 1.29 is 19.0 Å². The Morgan fingerprint density at radius 1 is 1.04 bits per heavy atom. The van der Waals surface area contributed by atoms with Crippen LogP contribution in [0.4, 0.5) is 0 Å². The van der Waals surface area contributed by atoms with E-state index in [1.165, 1.54) is 32.1 Å². The number of nitrogens with one attached hydrogen (secondary N) is 1. The third kappa shape index (κ3) is 3.29. The summed E-state index contributed by atoms with van der Waals surface area (Å²) in [7, 11) is 3.11. The Morgan fingerprint density at radius 2 is 1.74 bits per heavy atom. The van der Waals surface area contributed by atoms with Crippen LogP contribution in [0.3, 0.4) is 0 Å². The monoisotopic (exact) mass is 319 g/mol. The summed E-state index contributed by atoms with van der Waals surface area (Å²) in [6.07, 6.45) is 8.28. The van der Waals surface area contributed by atoms with Crippen molar-refractivity contribution in [3.8, 4) is 11.5 Å². The number of methoxy groups -OCH3 is 2. The molecule has 0 aromatic heterocycles. The summed E-state index contributed by atoms with van der Waals surface area (Å²) in [5.41, 5.74) is 1.32. The molecule has 1 atom stereocenters. The minimum Gasteiger partial charge on any atom is -0.493 e. The molecule has 3 rings (SSSR count). The summed E-state index contributed by atoms with van der Waals surface area (Å²) in [6, 6.07) is 4.11. The third-order valence-corrected chi connectivity index (χ3v) is 4.78. The fourth-order valence-corrected chi connectivity index (χ4v) is 3.56. The zero-order valence-electron chi connectivity index (χ0n) is 13.9. The molecule has 1 aromatic carbocycles. The lowest BCUT2D eigenvalue weighted by atomic mass is 9.96. The van der Waals surface area contributed by atoms with Crippen LogP contribution < -0.4 is 14.8 Å². The van der Waals surface area contributed by atoms with Gasteiger partial charge in [-0.05, 0) is 25.0 Å². The number of esters is 1. The standard InChI is InChI=1S/C18H25NO4/c1-21-14-11-10-13-15(16(14)22-2)18(20)23-17(13)19-12-8-6-4-3-5-7-9-12/h10-12,17,19H,3-9H2,1-2H3. The van der Waals surface area contributed by atoms with Crippen molar-refractivity contribution in [1.82, 2.24) is 5.32 Å². The van der Waals surface area contributed by atoms with Gasteiger partial charge in [-0.25, -0.2) is 4.79 Å². The van der Waals surface area contributed by atoms with E-state index in [0.717, 1.165) is 18.4 Å². The molecule has 0 spiro atoms. The van der Waals surface area contributed by atoms with E-state index in [2.05, 4.69) is 5.32 Å². The second-order valence-corrected chi connectivity index (χ2v) is 6.26. The first-order valence-electron chi connectivity index (χ1n) is 8.46. The largest absolute Gasteiger partial charge is 0.493 e. The van der Waals surface area contributed by atoms with Crippen LogP contribution >= 0.6 is 0 Å². The molecule has 1 aliphatic heterocycles. The van der Waals surface area contributed by atoms with Gasteiger partial charge in [-0.1, -0.05) is 32.1 Å². The lowest BCUT2D eigenvalue weighted by molar-refractivity contribution is 0.0265. The van der Waals surface area contributed by atoms with Crippen molar-refractivity contribution in [2.75, 3.05) is 14.2 Å². The maximum atomic E-state index is 12.3. The maximum absolute atomic E-state index is 12.3. The first kappa shape index (κ1) is 16.1. The molecule has 1 aromatic rings. The minimum absolute atomic E-state index is 0.348. The minimum atomic E-state index is -0.387. The van der Waals surface area contributed by atoms with Gasteiger partial charge in [0, 0.05) is 11.6 Å². The van der Waals surface area contributed by atoms with E-state index in [0.29, 0.717) is 23.1 Å². The highest BCUT2D eigenvalue weighted by atomic mass is 16.6. The van der Waals surface area contributed by atoms with E-state index in [9.17, 15) is 4.79 Å². The van der Waals surface area contributed by atoms with Gasteiger partial charge in [-0.3, -0.25) is 5.32 Å². The predicted molar refractivity (Wildman–Crippen MR) is 86.9 cm³/mol. The highest BCUT2D eigenvalue weighted by Gasteiger charge is 2.36. The van der Waals surface area contributed by atoms with Gasteiger partial charge in [0.05, 0.1) is 14.2 Å². The van der Waals surface area contributed by atoms with Crippen LogP contribution in [0.5, 0.6) is 11.5 Å². The average Bonchev–Trinajstić information content (AvgIpc) is 2.85. The van der Waals surface area contributed by atoms with Gasteiger partial charge < -0.3 is 14.2 Å². The maximum Gasteiger partial charge on any atom is 0.344 e. The highest BCUT2D eigenvalue weighted by Crippen LogP contribution is 2.41. The fraction of sp³-hybridized carbons (Fsp3) is 0.611. The van der Waals surface area contributed by atoms with Crippen molar-refractivity contribution >= 4 is 5.97 Å². The number of carbonyl (C=O) groups excluding carboxylic acids is 1. The zero-order valence-corrected chi connectivity index (χ0v) is 13.9. The van der Waals surface area contributed by atoms with Crippen LogP contribution in [0.15, 0.2) is 12.1 Å². The molecule has 0 saturated heterocycles. The Morgan fingerprint density at radius 3 is 2.39 bits per heavy atom. The van der Waals surface area contributed by atoms with E-state index in [4.69, 9.17) is 14.2 Å². The van der Waals surface area contributed by atoms with Crippen molar-refractivity contribution in [2.45, 2.75) is 57.2 Å². The van der Waals surface area contributed by atoms with Gasteiger partial charge in [0.15, 0.2) is 17.7 Å². The molecule has 23 heavy (non-hydrogen) atoms. The summed E-state index contributed by atoms with van der Waals surface area (Å²) >= 11 is 0. The van der Waals surface area contributed by atoms with Gasteiger partial charge in [0.1, 0.15) is 5.56 Å². The van der Waals surface area contributed by atoms with Gasteiger partial charge >= 0.3 is 5.97 Å². The summed E-state index contributed by atoms with van der Waals surface area (Å²) < 4.78 is 16.2. The number of hydrogen-bond donors (Lipinski definition) is 1. The molecule has 0 amide bonds. The quantitative estimate of drug-likeness (QED) is 0.860. The normalized spacial score (nSPS) is 22.0. The number of fused-ring (bicyclic) bond motifs is 1. The Hall–Kier alpha value is -1.75. The number of benzene rings is 1. The molecule has 1 unspecified atom stereocenters. The SMILES string of the molecule is COc1ccc2c(c1OC)C(=O)OC2NC1CCCCCCC1. The number of cyclic esters (lactones) is 1. The zero-order chi connectivity index (χ0) is 16.2.